The first-order valence-electron chi connectivity index (χ1n) is 4.08. The third-order valence-electron chi connectivity index (χ3n) is 1.86. The van der Waals surface area contributed by atoms with E-state index in [1.54, 1.807) is 6.20 Å². The third kappa shape index (κ3) is 1.42. The zero-order valence-electron chi connectivity index (χ0n) is 7.57. The Hall–Kier alpha value is -1.71. The van der Waals surface area contributed by atoms with Gasteiger partial charge in [0.05, 0.1) is 11.4 Å². The van der Waals surface area contributed by atoms with E-state index in [2.05, 4.69) is 20.4 Å². The van der Waals surface area contributed by atoms with Gasteiger partial charge in [-0.2, -0.15) is 10.2 Å². The number of aromatic nitrogens is 4. The minimum absolute atomic E-state index is 0.864. The molecule has 1 N–H and O–H groups in total. The molecule has 2 heterocycles. The smallest absolute Gasteiger partial charge is 0.114 e. The molecule has 0 atom stereocenters. The Morgan fingerprint density at radius 3 is 2.69 bits per heavy atom. The largest absolute Gasteiger partial charge is 0.276 e. The summed E-state index contributed by atoms with van der Waals surface area (Å²) in [7, 11) is 0. The molecule has 2 rings (SSSR count). The monoisotopic (exact) mass is 174 g/mol. The molecule has 66 valence electrons. The maximum absolute atomic E-state index is 4.10. The molecule has 0 radical (unpaired) electrons. The van der Waals surface area contributed by atoms with Crippen molar-refractivity contribution in [3.63, 3.8) is 0 Å². The molecular formula is C9H10N4. The van der Waals surface area contributed by atoms with Crippen LogP contribution in [0, 0.1) is 13.8 Å². The molecule has 2 aromatic rings. The van der Waals surface area contributed by atoms with Crippen LogP contribution in [0.2, 0.25) is 0 Å². The first kappa shape index (κ1) is 7.91. The first-order chi connectivity index (χ1) is 6.27. The van der Waals surface area contributed by atoms with Crippen molar-refractivity contribution in [3.05, 3.63) is 29.6 Å². The van der Waals surface area contributed by atoms with Crippen LogP contribution in [0.15, 0.2) is 18.3 Å². The van der Waals surface area contributed by atoms with Crippen LogP contribution in [0.5, 0.6) is 0 Å². The van der Waals surface area contributed by atoms with Crippen LogP contribution in [0.1, 0.15) is 11.3 Å². The molecule has 0 bridgehead atoms. The van der Waals surface area contributed by atoms with Crippen molar-refractivity contribution in [2.75, 3.05) is 0 Å². The molecule has 4 heteroatoms. The summed E-state index contributed by atoms with van der Waals surface area (Å²) in [5.41, 5.74) is 3.81. The van der Waals surface area contributed by atoms with Crippen molar-refractivity contribution < 1.29 is 0 Å². The second kappa shape index (κ2) is 2.97. The van der Waals surface area contributed by atoms with Crippen LogP contribution < -0.4 is 0 Å². The van der Waals surface area contributed by atoms with Crippen molar-refractivity contribution in [2.24, 2.45) is 0 Å². The summed E-state index contributed by atoms with van der Waals surface area (Å²) in [6, 6.07) is 3.88. The molecule has 0 saturated heterocycles. The Kier molecular flexibility index (Phi) is 1.81. The van der Waals surface area contributed by atoms with Crippen LogP contribution >= 0.6 is 0 Å². The predicted molar refractivity (Wildman–Crippen MR) is 49.1 cm³/mol. The van der Waals surface area contributed by atoms with Crippen molar-refractivity contribution in [1.29, 1.82) is 0 Å². The van der Waals surface area contributed by atoms with Crippen LogP contribution in [-0.4, -0.2) is 20.4 Å². The summed E-state index contributed by atoms with van der Waals surface area (Å²) < 4.78 is 0. The van der Waals surface area contributed by atoms with Gasteiger partial charge in [-0.1, -0.05) is 0 Å². The van der Waals surface area contributed by atoms with Crippen molar-refractivity contribution >= 4 is 0 Å². The van der Waals surface area contributed by atoms with E-state index >= 15 is 0 Å². The topological polar surface area (TPSA) is 54.5 Å². The van der Waals surface area contributed by atoms with Gasteiger partial charge >= 0.3 is 0 Å². The molecule has 0 amide bonds. The van der Waals surface area contributed by atoms with Gasteiger partial charge in [0.25, 0.3) is 0 Å². The molecule has 0 aliphatic heterocycles. The summed E-state index contributed by atoms with van der Waals surface area (Å²) in [6.07, 6.45) is 1.70. The fourth-order valence-corrected chi connectivity index (χ4v) is 1.27. The summed E-state index contributed by atoms with van der Waals surface area (Å²) >= 11 is 0. The standard InChI is InChI=1S/C9H10N4/c1-6-5-7(2)11-13-9(6)8-3-4-10-12-8/h3-5H,1-2H3,(H,10,12). The number of aromatic amines is 1. The Morgan fingerprint density at radius 2 is 2.08 bits per heavy atom. The summed E-state index contributed by atoms with van der Waals surface area (Å²) in [4.78, 5) is 0. The van der Waals surface area contributed by atoms with E-state index in [0.717, 1.165) is 22.6 Å². The summed E-state index contributed by atoms with van der Waals surface area (Å²) in [5.74, 6) is 0. The number of hydrogen-bond donors (Lipinski definition) is 1. The third-order valence-corrected chi connectivity index (χ3v) is 1.86. The van der Waals surface area contributed by atoms with Gasteiger partial charge in [0.1, 0.15) is 5.69 Å². The van der Waals surface area contributed by atoms with Gasteiger partial charge in [-0.05, 0) is 31.5 Å². The van der Waals surface area contributed by atoms with Crippen LogP contribution in [0.4, 0.5) is 0 Å². The van der Waals surface area contributed by atoms with E-state index in [0.29, 0.717) is 0 Å². The molecule has 0 aliphatic carbocycles. The number of hydrogen-bond acceptors (Lipinski definition) is 3. The molecular weight excluding hydrogens is 164 g/mol. The maximum Gasteiger partial charge on any atom is 0.114 e. The lowest BCUT2D eigenvalue weighted by molar-refractivity contribution is 0.962. The SMILES string of the molecule is Cc1cc(C)c(-c2ccn[nH]2)nn1. The average Bonchev–Trinajstić information content (AvgIpc) is 2.56. The molecule has 2 aromatic heterocycles. The number of H-pyrrole nitrogens is 1. The van der Waals surface area contributed by atoms with E-state index < -0.39 is 0 Å². The van der Waals surface area contributed by atoms with Crippen molar-refractivity contribution in [2.45, 2.75) is 13.8 Å². The highest BCUT2D eigenvalue weighted by Gasteiger charge is 2.04. The number of aryl methyl sites for hydroxylation is 2. The van der Waals surface area contributed by atoms with Gasteiger partial charge < -0.3 is 0 Å². The number of rotatable bonds is 1. The lowest BCUT2D eigenvalue weighted by atomic mass is 10.2. The van der Waals surface area contributed by atoms with E-state index in [1.807, 2.05) is 26.0 Å². The maximum atomic E-state index is 4.10. The fraction of sp³-hybridized carbons (Fsp3) is 0.222. The molecule has 0 spiro atoms. The summed E-state index contributed by atoms with van der Waals surface area (Å²) in [6.45, 7) is 3.94. The van der Waals surface area contributed by atoms with E-state index in [1.165, 1.54) is 0 Å². The lowest BCUT2D eigenvalue weighted by Crippen LogP contribution is -1.94. The Balaban J connectivity index is 2.53. The molecule has 0 aliphatic rings. The average molecular weight is 174 g/mol. The molecule has 4 nitrogen and oxygen atoms in total. The second-order valence-electron chi connectivity index (χ2n) is 2.99. The number of nitrogens with zero attached hydrogens (tertiary/aromatic N) is 3. The Bertz CT molecular complexity index is 406. The first-order valence-corrected chi connectivity index (χ1v) is 4.08. The molecule has 0 fully saturated rings. The van der Waals surface area contributed by atoms with Gasteiger partial charge in [-0.25, -0.2) is 0 Å². The van der Waals surface area contributed by atoms with Gasteiger partial charge in [-0.15, -0.1) is 5.10 Å². The quantitative estimate of drug-likeness (QED) is 0.712. The van der Waals surface area contributed by atoms with Crippen LogP contribution in [0.25, 0.3) is 11.4 Å². The van der Waals surface area contributed by atoms with Gasteiger partial charge in [-0.3, -0.25) is 5.10 Å². The van der Waals surface area contributed by atoms with Gasteiger partial charge in [0, 0.05) is 6.20 Å². The van der Waals surface area contributed by atoms with Gasteiger partial charge in [0.2, 0.25) is 0 Å². The van der Waals surface area contributed by atoms with E-state index in [4.69, 9.17) is 0 Å². The van der Waals surface area contributed by atoms with E-state index in [-0.39, 0.29) is 0 Å². The van der Waals surface area contributed by atoms with Crippen LogP contribution in [0.3, 0.4) is 0 Å². The Morgan fingerprint density at radius 1 is 1.23 bits per heavy atom. The van der Waals surface area contributed by atoms with Crippen molar-refractivity contribution in [3.8, 4) is 11.4 Å². The lowest BCUT2D eigenvalue weighted by Gasteiger charge is -2.00. The molecule has 13 heavy (non-hydrogen) atoms. The second-order valence-corrected chi connectivity index (χ2v) is 2.99. The molecule has 0 saturated carbocycles. The predicted octanol–water partition coefficient (Wildman–Crippen LogP) is 1.48. The minimum atomic E-state index is 0.864. The summed E-state index contributed by atoms with van der Waals surface area (Å²) in [5, 5.41) is 14.8. The highest BCUT2D eigenvalue weighted by atomic mass is 15.1. The van der Waals surface area contributed by atoms with Crippen LogP contribution in [-0.2, 0) is 0 Å². The fourth-order valence-electron chi connectivity index (χ4n) is 1.27. The zero-order chi connectivity index (χ0) is 9.26. The zero-order valence-corrected chi connectivity index (χ0v) is 7.57. The highest BCUT2D eigenvalue weighted by molar-refractivity contribution is 5.56. The minimum Gasteiger partial charge on any atom is -0.276 e. The Labute approximate surface area is 76.0 Å². The molecule has 0 unspecified atom stereocenters. The molecule has 0 aromatic carbocycles. The highest BCUT2D eigenvalue weighted by Crippen LogP contribution is 2.16. The van der Waals surface area contributed by atoms with Gasteiger partial charge in [0.15, 0.2) is 0 Å². The van der Waals surface area contributed by atoms with E-state index in [9.17, 15) is 0 Å². The van der Waals surface area contributed by atoms with Crippen molar-refractivity contribution in [1.82, 2.24) is 20.4 Å². The number of nitrogens with one attached hydrogen (secondary N) is 1. The normalized spacial score (nSPS) is 10.3.